The van der Waals surface area contributed by atoms with Gasteiger partial charge in [0.25, 0.3) is 0 Å². The molecule has 0 unspecified atom stereocenters. The first-order chi connectivity index (χ1) is 14.6. The van der Waals surface area contributed by atoms with Crippen LogP contribution in [0.1, 0.15) is 20.3 Å². The van der Waals surface area contributed by atoms with Crippen LogP contribution < -0.4 is 25.6 Å². The number of rotatable bonds is 8. The largest absolute Gasteiger partial charge is 0.573 e. The van der Waals surface area contributed by atoms with Gasteiger partial charge in [-0.2, -0.15) is 0 Å². The minimum absolute atomic E-state index is 0.0158. The van der Waals surface area contributed by atoms with Gasteiger partial charge in [0.05, 0.1) is 18.2 Å². The number of ether oxygens (including phenoxy) is 2. The summed E-state index contributed by atoms with van der Waals surface area (Å²) < 4.78 is 54.4. The minimum atomic E-state index is -4.79. The standard InChI is InChI=1S/C15H21ClF3N5O3.H3O4P/c1-9(2)22-13(20)23-14(21)24-26-7-3-6-25-12-5-4-10(8-11(12)16)27-15(17,18)19;1-5(2,3)4/h4-5,8-9H,3,6-7H2,1-2H3,(H5,20,21,22,23,24);(H3,1,2,3,4). The Morgan fingerprint density at radius 2 is 1.78 bits per heavy atom. The number of nitrogens with one attached hydrogen (secondary N) is 5. The molecular weight excluding hydrogens is 486 g/mol. The van der Waals surface area contributed by atoms with Crippen LogP contribution in [0.15, 0.2) is 18.2 Å². The van der Waals surface area contributed by atoms with Crippen molar-refractivity contribution in [2.24, 2.45) is 0 Å². The number of phosphoric acid groups is 1. The van der Waals surface area contributed by atoms with E-state index in [9.17, 15) is 13.2 Å². The first-order valence-corrected chi connectivity index (χ1v) is 10.6. The molecular formula is C15H24ClF3N5O7P. The van der Waals surface area contributed by atoms with Gasteiger partial charge >= 0.3 is 14.2 Å². The van der Waals surface area contributed by atoms with Crippen LogP contribution in [0, 0.1) is 10.8 Å². The maximum absolute atomic E-state index is 12.1. The molecule has 0 heterocycles. The van der Waals surface area contributed by atoms with Crippen LogP contribution in [0.5, 0.6) is 11.5 Å². The fraction of sp³-hybridized carbons (Fsp3) is 0.467. The summed E-state index contributed by atoms with van der Waals surface area (Å²) in [6, 6.07) is 3.43. The maximum atomic E-state index is 12.1. The van der Waals surface area contributed by atoms with Crippen LogP contribution in [0.25, 0.3) is 0 Å². The average molecular weight is 510 g/mol. The number of hydroxylamine groups is 1. The smallest absolute Gasteiger partial charge is 0.492 e. The summed E-state index contributed by atoms with van der Waals surface area (Å²) >= 11 is 5.85. The highest BCUT2D eigenvalue weighted by Crippen LogP contribution is 2.31. The normalized spacial score (nSPS) is 11.2. The van der Waals surface area contributed by atoms with E-state index in [-0.39, 0.29) is 41.9 Å². The van der Waals surface area contributed by atoms with Crippen molar-refractivity contribution >= 4 is 31.3 Å². The molecule has 0 fully saturated rings. The second kappa shape index (κ2) is 14.0. The number of halogens is 4. The van der Waals surface area contributed by atoms with Gasteiger partial charge in [-0.25, -0.2) is 10.0 Å². The SMILES string of the molecule is CC(C)NC(=N)NC(=N)NOCCCOc1ccc(OC(F)(F)F)cc1Cl.O=P(O)(O)O. The van der Waals surface area contributed by atoms with Gasteiger partial charge in [0.1, 0.15) is 11.5 Å². The summed E-state index contributed by atoms with van der Waals surface area (Å²) in [6.07, 6.45) is -4.37. The second-order valence-corrected chi connectivity index (χ2v) is 7.41. The number of alkyl halides is 3. The van der Waals surface area contributed by atoms with E-state index in [1.54, 1.807) is 0 Å². The van der Waals surface area contributed by atoms with Crippen molar-refractivity contribution < 1.29 is 46.7 Å². The fourth-order valence-corrected chi connectivity index (χ4v) is 1.93. The highest BCUT2D eigenvalue weighted by atomic mass is 35.5. The zero-order valence-electron chi connectivity index (χ0n) is 16.9. The molecule has 0 radical (unpaired) electrons. The zero-order chi connectivity index (χ0) is 24.9. The average Bonchev–Trinajstić information content (AvgIpc) is 2.55. The van der Waals surface area contributed by atoms with Crippen molar-refractivity contribution in [3.8, 4) is 11.5 Å². The van der Waals surface area contributed by atoms with Gasteiger partial charge < -0.3 is 29.5 Å². The number of guanidine groups is 2. The number of benzene rings is 1. The van der Waals surface area contributed by atoms with Crippen molar-refractivity contribution in [2.45, 2.75) is 32.7 Å². The monoisotopic (exact) mass is 509 g/mol. The summed E-state index contributed by atoms with van der Waals surface area (Å²) in [5.74, 6) is -0.475. The highest BCUT2D eigenvalue weighted by Gasteiger charge is 2.31. The number of hydrogen-bond acceptors (Lipinski definition) is 6. The van der Waals surface area contributed by atoms with Gasteiger partial charge in [-0.15, -0.1) is 13.2 Å². The molecule has 0 saturated heterocycles. The van der Waals surface area contributed by atoms with Crippen molar-refractivity contribution in [1.29, 1.82) is 10.8 Å². The van der Waals surface area contributed by atoms with Crippen molar-refractivity contribution in [1.82, 2.24) is 16.1 Å². The zero-order valence-corrected chi connectivity index (χ0v) is 18.5. The van der Waals surface area contributed by atoms with Crippen molar-refractivity contribution in [2.75, 3.05) is 13.2 Å². The predicted molar refractivity (Wildman–Crippen MR) is 108 cm³/mol. The summed E-state index contributed by atoms with van der Waals surface area (Å²) in [5, 5.41) is 20.2. The van der Waals surface area contributed by atoms with E-state index in [0.717, 1.165) is 12.1 Å². The van der Waals surface area contributed by atoms with E-state index in [4.69, 9.17) is 51.2 Å². The van der Waals surface area contributed by atoms with Gasteiger partial charge in [-0.1, -0.05) is 11.6 Å². The molecule has 0 spiro atoms. The molecule has 0 amide bonds. The molecule has 1 aromatic carbocycles. The van der Waals surface area contributed by atoms with Crippen LogP contribution in [0.2, 0.25) is 5.02 Å². The van der Waals surface area contributed by atoms with Crippen LogP contribution in [-0.4, -0.2) is 52.2 Å². The molecule has 0 aliphatic heterocycles. The Bertz CT molecular complexity index is 787. The Kier molecular flexibility index (Phi) is 13.0. The van der Waals surface area contributed by atoms with E-state index >= 15 is 0 Å². The van der Waals surface area contributed by atoms with Crippen LogP contribution in [-0.2, 0) is 9.40 Å². The molecule has 0 saturated carbocycles. The highest BCUT2D eigenvalue weighted by molar-refractivity contribution is 7.45. The summed E-state index contributed by atoms with van der Waals surface area (Å²) in [4.78, 5) is 26.6. The summed E-state index contributed by atoms with van der Waals surface area (Å²) in [7, 11) is -4.64. The van der Waals surface area contributed by atoms with Gasteiger partial charge in [0.2, 0.25) is 5.96 Å². The number of hydrogen-bond donors (Lipinski definition) is 8. The first kappa shape index (κ1) is 29.7. The lowest BCUT2D eigenvalue weighted by Crippen LogP contribution is -2.47. The Labute approximate surface area is 186 Å². The summed E-state index contributed by atoms with van der Waals surface area (Å²) in [6.45, 7) is 4.08. The molecule has 1 rings (SSSR count). The van der Waals surface area contributed by atoms with Gasteiger partial charge in [0, 0.05) is 18.5 Å². The Hall–Kier alpha value is -2.29. The van der Waals surface area contributed by atoms with E-state index in [1.807, 2.05) is 13.8 Å². The summed E-state index contributed by atoms with van der Waals surface area (Å²) in [5.41, 5.74) is 2.31. The molecule has 184 valence electrons. The van der Waals surface area contributed by atoms with E-state index < -0.39 is 19.9 Å². The quantitative estimate of drug-likeness (QED) is 0.0846. The third-order valence-electron chi connectivity index (χ3n) is 2.64. The topological polar surface area (TPSA) is 189 Å². The molecule has 17 heteroatoms. The third kappa shape index (κ3) is 18.5. The van der Waals surface area contributed by atoms with E-state index in [1.165, 1.54) is 6.07 Å². The van der Waals surface area contributed by atoms with Crippen molar-refractivity contribution in [3.05, 3.63) is 23.2 Å². The van der Waals surface area contributed by atoms with Crippen LogP contribution >= 0.6 is 19.4 Å². The third-order valence-corrected chi connectivity index (χ3v) is 2.94. The molecule has 0 aliphatic carbocycles. The van der Waals surface area contributed by atoms with Gasteiger partial charge in [-0.05, 0) is 26.0 Å². The lowest BCUT2D eigenvalue weighted by atomic mass is 10.3. The van der Waals surface area contributed by atoms with Crippen molar-refractivity contribution in [3.63, 3.8) is 0 Å². The molecule has 0 aliphatic rings. The molecule has 0 aromatic heterocycles. The molecule has 8 N–H and O–H groups in total. The molecule has 0 atom stereocenters. The Morgan fingerprint density at radius 3 is 2.28 bits per heavy atom. The first-order valence-electron chi connectivity index (χ1n) is 8.61. The van der Waals surface area contributed by atoms with Gasteiger partial charge in [0.15, 0.2) is 5.96 Å². The molecule has 0 bridgehead atoms. The maximum Gasteiger partial charge on any atom is 0.573 e. The Morgan fingerprint density at radius 1 is 1.19 bits per heavy atom. The fourth-order valence-electron chi connectivity index (χ4n) is 1.71. The second-order valence-electron chi connectivity index (χ2n) is 5.98. The predicted octanol–water partition coefficient (Wildman–Crippen LogP) is 2.06. The lowest BCUT2D eigenvalue weighted by Gasteiger charge is -2.14. The Balaban J connectivity index is 0.00000172. The lowest BCUT2D eigenvalue weighted by molar-refractivity contribution is -0.274. The van der Waals surface area contributed by atoms with Crippen LogP contribution in [0.4, 0.5) is 13.2 Å². The van der Waals surface area contributed by atoms with Crippen LogP contribution in [0.3, 0.4) is 0 Å². The molecule has 1 aromatic rings. The van der Waals surface area contributed by atoms with E-state index in [2.05, 4.69) is 20.9 Å². The van der Waals surface area contributed by atoms with E-state index in [0.29, 0.717) is 6.42 Å². The van der Waals surface area contributed by atoms with Gasteiger partial charge in [-0.3, -0.25) is 21.0 Å². The molecule has 32 heavy (non-hydrogen) atoms. The minimum Gasteiger partial charge on any atom is -0.492 e. The molecule has 12 nitrogen and oxygen atoms in total.